The zero-order chi connectivity index (χ0) is 29.8. The van der Waals surface area contributed by atoms with E-state index in [4.69, 9.17) is 0 Å². The van der Waals surface area contributed by atoms with Crippen LogP contribution in [0.2, 0.25) is 0 Å². The summed E-state index contributed by atoms with van der Waals surface area (Å²) in [6.45, 7) is 0. The van der Waals surface area contributed by atoms with Crippen LogP contribution in [0, 0.1) is 0 Å². The van der Waals surface area contributed by atoms with Gasteiger partial charge in [-0.1, -0.05) is 84.2 Å². The Morgan fingerprint density at radius 3 is 1.23 bits per heavy atom. The van der Waals surface area contributed by atoms with Gasteiger partial charge in [-0.25, -0.2) is 0 Å². The molecule has 0 radical (unpaired) electrons. The molecule has 8 aromatic rings. The molecule has 0 saturated carbocycles. The Kier molecular flexibility index (Phi) is 9.66. The standard InChI is InChI=1S/C18H11BrS.C12H6Br2S.C6H5BO/c19-14-7-9-18-16(11-14)15-10-13(6-8-17(15)20-18)12-4-2-1-3-5-12;13-7-1-3-11-9(5-7)10-6-8(14)2-4-12(10)15-11;8-7-6-4-2-1-3-5-6/h1-11H;1-6H;1-5H. The molecular weight excluding hydrogens is 763 g/mol. The third-order valence-corrected chi connectivity index (χ3v) is 10.7. The molecular formula is C36H22BBr3OS2. The first kappa shape index (κ1) is 30.1. The van der Waals surface area contributed by atoms with Crippen LogP contribution in [-0.4, -0.2) is 7.15 Å². The molecule has 6 aromatic carbocycles. The Morgan fingerprint density at radius 1 is 0.419 bits per heavy atom. The van der Waals surface area contributed by atoms with Gasteiger partial charge in [-0.15, -0.1) is 22.7 Å². The predicted molar refractivity (Wildman–Crippen MR) is 200 cm³/mol. The van der Waals surface area contributed by atoms with Crippen molar-refractivity contribution in [1.29, 1.82) is 0 Å². The molecule has 0 spiro atoms. The first-order valence-corrected chi connectivity index (χ1v) is 17.4. The number of hydrogen-bond donors (Lipinski definition) is 0. The number of fused-ring (bicyclic) bond motifs is 6. The van der Waals surface area contributed by atoms with Gasteiger partial charge in [-0.2, -0.15) is 0 Å². The minimum absolute atomic E-state index is 0.729. The second-order valence-corrected chi connectivity index (χ2v) is 14.6. The number of halogens is 3. The van der Waals surface area contributed by atoms with Crippen molar-refractivity contribution in [3.8, 4) is 11.1 Å². The van der Waals surface area contributed by atoms with Crippen molar-refractivity contribution >= 4 is 123 Å². The summed E-state index contributed by atoms with van der Waals surface area (Å²) >= 11 is 14.3. The van der Waals surface area contributed by atoms with Gasteiger partial charge in [-0.3, -0.25) is 0 Å². The SMILES string of the molecule is Brc1ccc2sc3ccc(-c4ccccc4)cc3c2c1.Brc1ccc2sc3ccc(Br)cc3c2c1.O=Bc1ccccc1. The molecule has 7 heteroatoms. The van der Waals surface area contributed by atoms with Gasteiger partial charge in [0, 0.05) is 53.8 Å². The molecule has 1 nitrogen and oxygen atoms in total. The first-order chi connectivity index (χ1) is 21.0. The third kappa shape index (κ3) is 7.08. The topological polar surface area (TPSA) is 17.1 Å². The number of benzene rings is 6. The van der Waals surface area contributed by atoms with E-state index in [0.29, 0.717) is 0 Å². The van der Waals surface area contributed by atoms with Crippen LogP contribution in [0.4, 0.5) is 0 Å². The van der Waals surface area contributed by atoms with Crippen LogP contribution in [0.1, 0.15) is 0 Å². The summed E-state index contributed by atoms with van der Waals surface area (Å²) in [6.07, 6.45) is 0. The average molecular weight is 785 g/mol. The quantitative estimate of drug-likeness (QED) is 0.160. The van der Waals surface area contributed by atoms with Gasteiger partial charge >= 0.3 is 47.6 Å². The minimum atomic E-state index is 0.729. The summed E-state index contributed by atoms with van der Waals surface area (Å²) < 4.78 is 18.8. The van der Waals surface area contributed by atoms with Crippen LogP contribution < -0.4 is 5.46 Å². The molecule has 0 aliphatic rings. The summed E-state index contributed by atoms with van der Waals surface area (Å²) in [5, 5.41) is 5.32. The fraction of sp³-hybridized carbons (Fsp3) is 0. The molecule has 0 saturated heterocycles. The van der Waals surface area contributed by atoms with Gasteiger partial charge in [0.1, 0.15) is 0 Å². The summed E-state index contributed by atoms with van der Waals surface area (Å²) in [4.78, 5) is 0. The molecule has 0 unspecified atom stereocenters. The van der Waals surface area contributed by atoms with Crippen molar-refractivity contribution in [1.82, 2.24) is 0 Å². The Labute approximate surface area is 283 Å². The van der Waals surface area contributed by atoms with E-state index in [1.54, 1.807) is 12.1 Å². The maximum absolute atomic E-state index is 10.0. The van der Waals surface area contributed by atoms with Crippen LogP contribution in [-0.2, 0) is 4.70 Å². The van der Waals surface area contributed by atoms with Gasteiger partial charge in [0.2, 0.25) is 0 Å². The molecule has 0 aliphatic carbocycles. The predicted octanol–water partition coefficient (Wildman–Crippen LogP) is 12.4. The van der Waals surface area contributed by atoms with Crippen molar-refractivity contribution < 1.29 is 4.70 Å². The maximum atomic E-state index is 10.0. The molecule has 0 N–H and O–H groups in total. The zero-order valence-electron chi connectivity index (χ0n) is 22.6. The Bertz CT molecular complexity index is 2140. The van der Waals surface area contributed by atoms with Crippen LogP contribution in [0.3, 0.4) is 0 Å². The molecule has 0 amide bonds. The van der Waals surface area contributed by atoms with Crippen LogP contribution in [0.5, 0.6) is 0 Å². The fourth-order valence-corrected chi connectivity index (χ4v) is 8.03. The third-order valence-electron chi connectivity index (χ3n) is 6.87. The van der Waals surface area contributed by atoms with E-state index in [0.717, 1.165) is 26.0 Å². The van der Waals surface area contributed by atoms with Crippen molar-refractivity contribution in [2.24, 2.45) is 0 Å². The van der Waals surface area contributed by atoms with E-state index in [9.17, 15) is 4.70 Å². The number of hydrogen-bond acceptors (Lipinski definition) is 3. The second-order valence-electron chi connectivity index (χ2n) is 9.73. The zero-order valence-corrected chi connectivity index (χ0v) is 29.0. The van der Waals surface area contributed by atoms with E-state index in [-0.39, 0.29) is 0 Å². The second kappa shape index (κ2) is 13.8. The monoisotopic (exact) mass is 782 g/mol. The average Bonchev–Trinajstić information content (AvgIpc) is 3.59. The van der Waals surface area contributed by atoms with Gasteiger partial charge in [0.15, 0.2) is 0 Å². The normalized spacial score (nSPS) is 10.7. The van der Waals surface area contributed by atoms with Crippen LogP contribution >= 0.6 is 70.5 Å². The van der Waals surface area contributed by atoms with E-state index >= 15 is 0 Å². The van der Waals surface area contributed by atoms with E-state index < -0.39 is 0 Å². The Balaban J connectivity index is 0.000000126. The summed E-state index contributed by atoms with van der Waals surface area (Å²) in [6, 6.07) is 45.8. The Morgan fingerprint density at radius 2 is 0.814 bits per heavy atom. The fourth-order valence-electron chi connectivity index (χ4n) is 4.81. The van der Waals surface area contributed by atoms with Crippen LogP contribution in [0.15, 0.2) is 147 Å². The molecule has 8 rings (SSSR count). The molecule has 2 aromatic heterocycles. The molecule has 0 atom stereocenters. The van der Waals surface area contributed by atoms with Crippen LogP contribution in [0.25, 0.3) is 51.5 Å². The Hall–Kier alpha value is -2.94. The van der Waals surface area contributed by atoms with Gasteiger partial charge in [0.05, 0.1) is 0 Å². The number of thiophene rings is 2. The molecule has 208 valence electrons. The van der Waals surface area contributed by atoms with E-state index in [2.05, 4.69) is 151 Å². The van der Waals surface area contributed by atoms with Gasteiger partial charge in [-0.05, 0) is 77.9 Å². The summed E-state index contributed by atoms with van der Waals surface area (Å²) in [5.74, 6) is 0. The summed E-state index contributed by atoms with van der Waals surface area (Å²) in [5.41, 5.74) is 3.27. The van der Waals surface area contributed by atoms with E-state index in [1.165, 1.54) is 51.5 Å². The van der Waals surface area contributed by atoms with Crippen molar-refractivity contribution in [2.45, 2.75) is 0 Å². The first-order valence-electron chi connectivity index (χ1n) is 13.4. The molecule has 2 heterocycles. The van der Waals surface area contributed by atoms with Crippen molar-refractivity contribution in [2.75, 3.05) is 0 Å². The summed E-state index contributed by atoms with van der Waals surface area (Å²) in [7, 11) is 0.833. The number of rotatable bonds is 2. The van der Waals surface area contributed by atoms with Crippen molar-refractivity contribution in [3.05, 3.63) is 147 Å². The van der Waals surface area contributed by atoms with E-state index in [1.807, 2.05) is 40.9 Å². The molecule has 0 aliphatic heterocycles. The van der Waals surface area contributed by atoms with Gasteiger partial charge in [0.25, 0.3) is 0 Å². The molecule has 43 heavy (non-hydrogen) atoms. The molecule has 0 fully saturated rings. The van der Waals surface area contributed by atoms with Crippen molar-refractivity contribution in [3.63, 3.8) is 0 Å². The van der Waals surface area contributed by atoms with Gasteiger partial charge < -0.3 is 0 Å². The molecule has 0 bridgehead atoms.